The van der Waals surface area contributed by atoms with Crippen LogP contribution in [-0.4, -0.2) is 139 Å². The Morgan fingerprint density at radius 3 is 0.708 bits per heavy atom. The van der Waals surface area contributed by atoms with Crippen molar-refractivity contribution < 1.29 is 54.3 Å². The minimum Gasteiger partial charge on any atom is -0.320 e. The summed E-state index contributed by atoms with van der Waals surface area (Å²) >= 11 is 0. The molecular formula is C44H56F8N16O4. The zero-order chi connectivity index (χ0) is 52.3. The highest BCUT2D eigenvalue weighted by atomic mass is 19.3. The number of carbonyl (C=O) groups is 4. The van der Waals surface area contributed by atoms with Gasteiger partial charge in [-0.3, -0.25) is 38.8 Å². The van der Waals surface area contributed by atoms with Gasteiger partial charge in [0, 0.05) is 104 Å². The van der Waals surface area contributed by atoms with Crippen LogP contribution in [0.4, 0.5) is 58.4 Å². The Balaban J connectivity index is 0.000000119. The van der Waals surface area contributed by atoms with Crippen molar-refractivity contribution in [3.05, 3.63) is 47.0 Å². The van der Waals surface area contributed by atoms with Crippen LogP contribution in [0.3, 0.4) is 0 Å². The molecule has 8 aliphatic rings. The molecule has 0 saturated heterocycles. The maximum absolute atomic E-state index is 13.0. The Labute approximate surface area is 406 Å². The standard InChI is InChI=1S/4C11H14F2N4O/c4*1-16-9-4-8(6-5-11(6,12)13)15-17(9)3-2-7(14)10(16)18/h4*4,6-7H,2-3,5,14H2,1H3/t2*6-,7+;2*6-,7-/m1010/s1. The second kappa shape index (κ2) is 17.9. The van der Waals surface area contributed by atoms with Crippen molar-refractivity contribution in [2.45, 2.75) is 149 Å². The van der Waals surface area contributed by atoms with Crippen LogP contribution in [0, 0.1) is 0 Å². The molecule has 28 heteroatoms. The number of carbonyl (C=O) groups excluding carboxylic acids is 4. The number of anilines is 4. The number of rotatable bonds is 4. The molecule has 4 aromatic heterocycles. The van der Waals surface area contributed by atoms with Crippen LogP contribution in [0.1, 0.15) is 97.8 Å². The number of hydrogen-bond donors (Lipinski definition) is 4. The lowest BCUT2D eigenvalue weighted by Gasteiger charge is -2.16. The first-order valence-corrected chi connectivity index (χ1v) is 23.5. The fourth-order valence-corrected chi connectivity index (χ4v) is 9.25. The predicted octanol–water partition coefficient (Wildman–Crippen LogP) is 2.80. The molecular weight excluding hydrogens is 969 g/mol. The maximum Gasteiger partial charge on any atom is 0.257 e. The zero-order valence-electron chi connectivity index (χ0n) is 39.7. The number of hydrogen-bond acceptors (Lipinski definition) is 12. The van der Waals surface area contributed by atoms with Gasteiger partial charge in [-0.1, -0.05) is 0 Å². The number of likely N-dealkylation sites (N-methyl/N-ethyl adjacent to an activating group) is 4. The van der Waals surface area contributed by atoms with Gasteiger partial charge in [0.25, 0.3) is 23.7 Å². The lowest BCUT2D eigenvalue weighted by molar-refractivity contribution is -0.120. The van der Waals surface area contributed by atoms with Gasteiger partial charge in [-0.25, -0.2) is 53.9 Å². The topological polar surface area (TPSA) is 257 Å². The largest absolute Gasteiger partial charge is 0.320 e. The van der Waals surface area contributed by atoms with E-state index < -0.39 is 71.5 Å². The average Bonchev–Trinajstić information content (AvgIpc) is 4.21. The molecule has 0 aromatic carbocycles. The van der Waals surface area contributed by atoms with E-state index in [1.54, 1.807) is 71.2 Å². The number of nitrogens with two attached hydrogens (primary N) is 4. The third-order valence-electron chi connectivity index (χ3n) is 14.4. The molecule has 4 aliphatic carbocycles. The Bertz CT molecular complexity index is 2420. The predicted molar refractivity (Wildman–Crippen MR) is 242 cm³/mol. The molecule has 4 fully saturated rings. The maximum atomic E-state index is 13.0. The van der Waals surface area contributed by atoms with Crippen LogP contribution in [0.15, 0.2) is 24.3 Å². The Kier molecular flexibility index (Phi) is 12.7. The number of amides is 4. The molecule has 4 amide bonds. The molecule has 8 atom stereocenters. The summed E-state index contributed by atoms with van der Waals surface area (Å²) in [5, 5.41) is 16.7. The van der Waals surface area contributed by atoms with Gasteiger partial charge in [0.2, 0.25) is 23.6 Å². The lowest BCUT2D eigenvalue weighted by atomic mass is 10.2. The summed E-state index contributed by atoms with van der Waals surface area (Å²) in [6.45, 7) is 1.91. The van der Waals surface area contributed by atoms with Gasteiger partial charge in [-0.2, -0.15) is 20.4 Å². The number of halogens is 8. The van der Waals surface area contributed by atoms with Gasteiger partial charge in [-0.15, -0.1) is 0 Å². The third-order valence-corrected chi connectivity index (χ3v) is 14.4. The Morgan fingerprint density at radius 2 is 0.556 bits per heavy atom. The molecule has 20 nitrogen and oxygen atoms in total. The number of aromatic nitrogens is 8. The van der Waals surface area contributed by atoms with Gasteiger partial charge in [0.05, 0.1) is 70.6 Å². The number of nitrogens with zero attached hydrogens (tertiary/aromatic N) is 12. The number of alkyl halides is 8. The third kappa shape index (κ3) is 9.68. The summed E-state index contributed by atoms with van der Waals surface area (Å²) in [4.78, 5) is 53.0. The number of aryl methyl sites for hydroxylation is 4. The van der Waals surface area contributed by atoms with E-state index in [4.69, 9.17) is 22.9 Å². The van der Waals surface area contributed by atoms with Crippen molar-refractivity contribution >= 4 is 46.9 Å². The first-order chi connectivity index (χ1) is 33.6. The van der Waals surface area contributed by atoms with E-state index in [0.29, 0.717) is 97.9 Å². The first kappa shape index (κ1) is 50.9. The second-order valence-corrected chi connectivity index (χ2v) is 19.8. The molecule has 4 saturated carbocycles. The highest BCUT2D eigenvalue weighted by Gasteiger charge is 2.61. The van der Waals surface area contributed by atoms with E-state index in [0.717, 1.165) is 0 Å². The molecule has 4 aromatic rings. The van der Waals surface area contributed by atoms with Crippen molar-refractivity contribution in [1.29, 1.82) is 0 Å². The molecule has 0 unspecified atom stereocenters. The molecule has 8 N–H and O–H groups in total. The normalized spacial score (nSPS) is 30.0. The molecule has 0 bridgehead atoms. The monoisotopic (exact) mass is 1020 g/mol. The summed E-state index contributed by atoms with van der Waals surface area (Å²) in [6, 6.07) is 4.07. The Hall–Kier alpha value is -6.00. The molecule has 12 rings (SSSR count). The SMILES string of the molecule is CN1C(=O)[C@@H](N)CCn2nc([C@@H]3CC3(F)F)cc21.CN1C(=O)[C@@H](N)CCn2nc([C@H]3CC3(F)F)cc21.CN1C(=O)[C@H](N)CCn2nc([C@@H]3CC3(F)F)cc21.CN1C(=O)[C@H](N)CCn2nc([C@H]3CC3(F)F)cc21. The number of fused-ring (bicyclic) bond motifs is 4. The first-order valence-electron chi connectivity index (χ1n) is 23.5. The second-order valence-electron chi connectivity index (χ2n) is 19.8. The summed E-state index contributed by atoms with van der Waals surface area (Å²) in [6.07, 6.45) is 1.27. The molecule has 0 spiro atoms. The fourth-order valence-electron chi connectivity index (χ4n) is 9.25. The minimum atomic E-state index is -2.64. The van der Waals surface area contributed by atoms with E-state index in [1.807, 2.05) is 0 Å². The van der Waals surface area contributed by atoms with Gasteiger partial charge >= 0.3 is 0 Å². The van der Waals surface area contributed by atoms with E-state index in [9.17, 15) is 54.3 Å². The molecule has 392 valence electrons. The van der Waals surface area contributed by atoms with Crippen molar-refractivity contribution in [2.24, 2.45) is 22.9 Å². The van der Waals surface area contributed by atoms with E-state index in [2.05, 4.69) is 20.4 Å². The van der Waals surface area contributed by atoms with Crippen molar-refractivity contribution in [3.63, 3.8) is 0 Å². The quantitative estimate of drug-likeness (QED) is 0.215. The highest BCUT2D eigenvalue weighted by molar-refractivity contribution is 5.98. The minimum absolute atomic E-state index is 0.152. The molecule has 0 radical (unpaired) electrons. The lowest BCUT2D eigenvalue weighted by Crippen LogP contribution is -2.40. The van der Waals surface area contributed by atoms with E-state index >= 15 is 0 Å². The van der Waals surface area contributed by atoms with Crippen molar-refractivity contribution in [2.75, 3.05) is 47.8 Å². The van der Waals surface area contributed by atoms with Crippen molar-refractivity contribution in [3.8, 4) is 0 Å². The fraction of sp³-hybridized carbons (Fsp3) is 0.636. The summed E-state index contributed by atoms with van der Waals surface area (Å²) < 4.78 is 110. The van der Waals surface area contributed by atoms with E-state index in [-0.39, 0.29) is 49.3 Å². The van der Waals surface area contributed by atoms with Crippen molar-refractivity contribution in [1.82, 2.24) is 39.1 Å². The van der Waals surface area contributed by atoms with Crippen LogP contribution >= 0.6 is 0 Å². The van der Waals surface area contributed by atoms with E-state index in [1.165, 1.54) is 19.6 Å². The molecule has 72 heavy (non-hydrogen) atoms. The smallest absolute Gasteiger partial charge is 0.257 e. The van der Waals surface area contributed by atoms with Gasteiger partial charge in [0.1, 0.15) is 23.3 Å². The zero-order valence-corrected chi connectivity index (χ0v) is 39.7. The molecule has 8 heterocycles. The summed E-state index contributed by atoms with van der Waals surface area (Å²) in [7, 11) is 6.37. The van der Waals surface area contributed by atoms with Crippen LogP contribution in [0.2, 0.25) is 0 Å². The van der Waals surface area contributed by atoms with Crippen LogP contribution in [0.5, 0.6) is 0 Å². The van der Waals surface area contributed by atoms with Gasteiger partial charge in [-0.05, 0) is 25.7 Å². The summed E-state index contributed by atoms with van der Waals surface area (Å²) in [5.74, 6) is -12.4. The van der Waals surface area contributed by atoms with Crippen LogP contribution in [-0.2, 0) is 45.4 Å². The average molecular weight is 1030 g/mol. The van der Waals surface area contributed by atoms with Gasteiger partial charge in [0.15, 0.2) is 0 Å². The van der Waals surface area contributed by atoms with Crippen LogP contribution in [0.25, 0.3) is 0 Å². The molecule has 4 aliphatic heterocycles. The highest BCUT2D eigenvalue weighted by Crippen LogP contribution is 2.58. The van der Waals surface area contributed by atoms with Gasteiger partial charge < -0.3 is 22.9 Å². The summed E-state index contributed by atoms with van der Waals surface area (Å²) in [5.41, 5.74) is 24.3. The van der Waals surface area contributed by atoms with Crippen LogP contribution < -0.4 is 42.5 Å². The Morgan fingerprint density at radius 1 is 0.389 bits per heavy atom.